The second-order valence-corrected chi connectivity index (χ2v) is 8.43. The molecule has 1 aliphatic rings. The Bertz CT molecular complexity index is 1290. The van der Waals surface area contributed by atoms with Crippen LogP contribution in [0.5, 0.6) is 0 Å². The van der Waals surface area contributed by atoms with Crippen LogP contribution in [0.4, 0.5) is 5.69 Å². The van der Waals surface area contributed by atoms with Crippen LogP contribution in [0.2, 0.25) is 0 Å². The normalized spacial score (nSPS) is 13.5. The van der Waals surface area contributed by atoms with Crippen LogP contribution in [0.3, 0.4) is 0 Å². The lowest BCUT2D eigenvalue weighted by Crippen LogP contribution is -2.24. The maximum Gasteiger partial charge on any atom is 0.262 e. The zero-order valence-corrected chi connectivity index (χ0v) is 16.7. The number of fused-ring (bicyclic) bond motifs is 4. The molecule has 29 heavy (non-hydrogen) atoms. The zero-order valence-electron chi connectivity index (χ0n) is 15.9. The van der Waals surface area contributed by atoms with Gasteiger partial charge in [-0.1, -0.05) is 18.2 Å². The monoisotopic (exact) mass is 404 g/mol. The molecular weight excluding hydrogens is 384 g/mol. The fourth-order valence-electron chi connectivity index (χ4n) is 3.93. The SMILES string of the molecule is O=C(CCn1cnc2sc3c(c2c1=O)CCCC3)Nc1cnc2ccccc2c1. The Labute approximate surface area is 171 Å². The molecule has 1 N–H and O–H groups in total. The molecule has 0 aliphatic heterocycles. The fraction of sp³-hybridized carbons (Fsp3) is 0.273. The van der Waals surface area contributed by atoms with Crippen molar-refractivity contribution in [2.24, 2.45) is 0 Å². The summed E-state index contributed by atoms with van der Waals surface area (Å²) >= 11 is 1.64. The van der Waals surface area contributed by atoms with Gasteiger partial charge in [-0.05, 0) is 43.4 Å². The molecule has 0 saturated heterocycles. The van der Waals surface area contributed by atoms with Gasteiger partial charge >= 0.3 is 0 Å². The highest BCUT2D eigenvalue weighted by Crippen LogP contribution is 2.33. The Kier molecular flexibility index (Phi) is 4.60. The number of nitrogens with one attached hydrogen (secondary N) is 1. The van der Waals surface area contributed by atoms with Crippen molar-refractivity contribution in [2.75, 3.05) is 5.32 Å². The molecule has 5 rings (SSSR count). The van der Waals surface area contributed by atoms with E-state index in [9.17, 15) is 9.59 Å². The number of aryl methyl sites for hydroxylation is 3. The molecule has 3 aromatic heterocycles. The predicted molar refractivity (Wildman–Crippen MR) is 116 cm³/mol. The Morgan fingerprint density at radius 3 is 2.97 bits per heavy atom. The number of rotatable bonds is 4. The number of benzene rings is 1. The molecule has 1 amide bonds. The summed E-state index contributed by atoms with van der Waals surface area (Å²) in [5.41, 5.74) is 2.68. The Balaban J connectivity index is 1.32. The summed E-state index contributed by atoms with van der Waals surface area (Å²) in [4.78, 5) is 36.3. The van der Waals surface area contributed by atoms with Gasteiger partial charge in [-0.3, -0.25) is 19.1 Å². The summed E-state index contributed by atoms with van der Waals surface area (Å²) in [7, 11) is 0. The first kappa shape index (κ1) is 18.0. The van der Waals surface area contributed by atoms with E-state index in [4.69, 9.17) is 0 Å². The standard InChI is InChI=1S/C22H20N4O2S/c27-19(25-15-11-14-5-1-3-7-17(14)23-12-15)9-10-26-13-24-21-20(22(26)28)16-6-2-4-8-18(16)29-21/h1,3,5,7,11-13H,2,4,6,8-10H2,(H,25,27). The molecule has 0 fully saturated rings. The molecule has 7 heteroatoms. The Hall–Kier alpha value is -3.06. The van der Waals surface area contributed by atoms with E-state index < -0.39 is 0 Å². The number of hydrogen-bond acceptors (Lipinski definition) is 5. The highest BCUT2D eigenvalue weighted by Gasteiger charge is 2.20. The van der Waals surface area contributed by atoms with Gasteiger partial charge in [0.2, 0.25) is 5.91 Å². The van der Waals surface area contributed by atoms with Gasteiger partial charge in [-0.25, -0.2) is 4.98 Å². The number of aromatic nitrogens is 3. The molecule has 0 bridgehead atoms. The third-order valence-corrected chi connectivity index (χ3v) is 6.60. The van der Waals surface area contributed by atoms with Crippen molar-refractivity contribution in [3.63, 3.8) is 0 Å². The van der Waals surface area contributed by atoms with Gasteiger partial charge in [0.25, 0.3) is 5.56 Å². The predicted octanol–water partition coefficient (Wildman–Crippen LogP) is 3.91. The number of amides is 1. The molecule has 0 spiro atoms. The third kappa shape index (κ3) is 3.42. The summed E-state index contributed by atoms with van der Waals surface area (Å²) in [5, 5.41) is 4.60. The molecular formula is C22H20N4O2S. The summed E-state index contributed by atoms with van der Waals surface area (Å²) in [5.74, 6) is -0.151. The van der Waals surface area contributed by atoms with E-state index in [-0.39, 0.29) is 17.9 Å². The van der Waals surface area contributed by atoms with Crippen molar-refractivity contribution >= 4 is 44.1 Å². The quantitative estimate of drug-likeness (QED) is 0.559. The minimum Gasteiger partial charge on any atom is -0.325 e. The number of thiophene rings is 1. The smallest absolute Gasteiger partial charge is 0.262 e. The topological polar surface area (TPSA) is 76.9 Å². The maximum atomic E-state index is 13.0. The largest absolute Gasteiger partial charge is 0.325 e. The zero-order chi connectivity index (χ0) is 19.8. The average Bonchev–Trinajstić information content (AvgIpc) is 3.12. The molecule has 146 valence electrons. The van der Waals surface area contributed by atoms with E-state index in [1.54, 1.807) is 28.4 Å². The van der Waals surface area contributed by atoms with Gasteiger partial charge in [-0.15, -0.1) is 11.3 Å². The number of nitrogens with zero attached hydrogens (tertiary/aromatic N) is 3. The first-order valence-electron chi connectivity index (χ1n) is 9.83. The lowest BCUT2D eigenvalue weighted by atomic mass is 9.97. The van der Waals surface area contributed by atoms with E-state index in [0.29, 0.717) is 12.2 Å². The van der Waals surface area contributed by atoms with Crippen LogP contribution in [0.1, 0.15) is 29.7 Å². The molecule has 0 atom stereocenters. The fourth-order valence-corrected chi connectivity index (χ4v) is 5.14. The lowest BCUT2D eigenvalue weighted by molar-refractivity contribution is -0.116. The van der Waals surface area contributed by atoms with Gasteiger partial charge in [0.05, 0.1) is 29.1 Å². The van der Waals surface area contributed by atoms with E-state index in [1.165, 1.54) is 16.9 Å². The van der Waals surface area contributed by atoms with Crippen molar-refractivity contribution < 1.29 is 4.79 Å². The number of hydrogen-bond donors (Lipinski definition) is 1. The minimum absolute atomic E-state index is 0.0328. The molecule has 1 aliphatic carbocycles. The van der Waals surface area contributed by atoms with Gasteiger partial charge in [-0.2, -0.15) is 0 Å². The number of pyridine rings is 1. The summed E-state index contributed by atoms with van der Waals surface area (Å²) < 4.78 is 1.56. The number of carbonyl (C=O) groups excluding carboxylic acids is 1. The molecule has 0 unspecified atom stereocenters. The van der Waals surface area contributed by atoms with Crippen molar-refractivity contribution in [1.29, 1.82) is 0 Å². The molecule has 1 aromatic carbocycles. The van der Waals surface area contributed by atoms with Crippen molar-refractivity contribution in [3.05, 3.63) is 63.7 Å². The van der Waals surface area contributed by atoms with Crippen molar-refractivity contribution in [2.45, 2.75) is 38.6 Å². The van der Waals surface area contributed by atoms with Crippen molar-refractivity contribution in [1.82, 2.24) is 14.5 Å². The molecule has 3 heterocycles. The third-order valence-electron chi connectivity index (χ3n) is 5.40. The summed E-state index contributed by atoms with van der Waals surface area (Å²) in [6.45, 7) is 0.305. The number of carbonyl (C=O) groups is 1. The van der Waals surface area contributed by atoms with Gasteiger partial charge in [0.1, 0.15) is 4.83 Å². The molecule has 0 radical (unpaired) electrons. The first-order valence-corrected chi connectivity index (χ1v) is 10.6. The first-order chi connectivity index (χ1) is 14.2. The Morgan fingerprint density at radius 2 is 2.03 bits per heavy atom. The molecule has 6 nitrogen and oxygen atoms in total. The second kappa shape index (κ2) is 7.40. The van der Waals surface area contributed by atoms with Crippen LogP contribution in [0, 0.1) is 0 Å². The van der Waals surface area contributed by atoms with Gasteiger partial charge in [0.15, 0.2) is 0 Å². The van der Waals surface area contributed by atoms with Crippen LogP contribution >= 0.6 is 11.3 Å². The highest BCUT2D eigenvalue weighted by molar-refractivity contribution is 7.18. The van der Waals surface area contributed by atoms with Crippen LogP contribution < -0.4 is 10.9 Å². The lowest BCUT2D eigenvalue weighted by Gasteiger charge is -2.10. The van der Waals surface area contributed by atoms with Crippen LogP contribution in [-0.2, 0) is 24.2 Å². The highest BCUT2D eigenvalue weighted by atomic mass is 32.1. The number of anilines is 1. The summed E-state index contributed by atoms with van der Waals surface area (Å²) in [6, 6.07) is 9.66. The van der Waals surface area contributed by atoms with E-state index >= 15 is 0 Å². The van der Waals surface area contributed by atoms with Crippen LogP contribution in [0.25, 0.3) is 21.1 Å². The number of para-hydroxylation sites is 1. The van der Waals surface area contributed by atoms with E-state index in [1.807, 2.05) is 30.3 Å². The van der Waals surface area contributed by atoms with Crippen LogP contribution in [-0.4, -0.2) is 20.4 Å². The molecule has 0 saturated carbocycles. The second-order valence-electron chi connectivity index (χ2n) is 7.35. The van der Waals surface area contributed by atoms with Gasteiger partial charge < -0.3 is 5.32 Å². The average molecular weight is 404 g/mol. The van der Waals surface area contributed by atoms with Crippen LogP contribution in [0.15, 0.2) is 47.7 Å². The van der Waals surface area contributed by atoms with E-state index in [2.05, 4.69) is 15.3 Å². The van der Waals surface area contributed by atoms with Crippen molar-refractivity contribution in [3.8, 4) is 0 Å². The minimum atomic E-state index is -0.151. The summed E-state index contributed by atoms with van der Waals surface area (Å²) in [6.07, 6.45) is 7.71. The van der Waals surface area contributed by atoms with E-state index in [0.717, 1.165) is 40.4 Å². The Morgan fingerprint density at radius 1 is 1.17 bits per heavy atom. The van der Waals surface area contributed by atoms with Gasteiger partial charge in [0, 0.05) is 23.2 Å². The maximum absolute atomic E-state index is 13.0. The molecule has 4 aromatic rings.